The van der Waals surface area contributed by atoms with Crippen LogP contribution in [0.25, 0.3) is 22.3 Å². The molecule has 0 amide bonds. The van der Waals surface area contributed by atoms with E-state index in [1.54, 1.807) is 22.3 Å². The lowest BCUT2D eigenvalue weighted by atomic mass is 9.43. The van der Waals surface area contributed by atoms with Gasteiger partial charge in [-0.3, -0.25) is 0 Å². The van der Waals surface area contributed by atoms with Crippen molar-refractivity contribution in [3.8, 4) is 22.3 Å². The molecule has 4 aromatic rings. The summed E-state index contributed by atoms with van der Waals surface area (Å²) >= 11 is 6.37. The standard InChI is InChI=1S/C28H33BO2.C22H21Cl/c1-26(2)27(3,4)31-29(30-26)21-9-10-25-23(16-21)22-7-5-6-8-24(22)28(25)19-12-17-11-18(14-19)15-20(28)13-17;23-17-5-6-21-19(12-17)18-3-1-2-4-20(18)22(21)15-8-13-7-14(10-15)11-16(22)9-13/h5-10,16-20H,11-15H2,1-4H3;1-6,12-16H,7-11H2. The van der Waals surface area contributed by atoms with Gasteiger partial charge in [0, 0.05) is 15.9 Å². The zero-order valence-electron chi connectivity index (χ0n) is 32.5. The summed E-state index contributed by atoms with van der Waals surface area (Å²) in [6.45, 7) is 8.55. The molecule has 9 fully saturated rings. The number of rotatable bonds is 1. The van der Waals surface area contributed by atoms with E-state index in [1.807, 2.05) is 0 Å². The maximum atomic E-state index is 6.41. The number of hydrogen-bond acceptors (Lipinski definition) is 2. The molecule has 0 N–H and O–H groups in total. The van der Waals surface area contributed by atoms with Gasteiger partial charge in [-0.1, -0.05) is 84.4 Å². The monoisotopic (exact) mass is 732 g/mol. The summed E-state index contributed by atoms with van der Waals surface area (Å²) in [7, 11) is -0.294. The van der Waals surface area contributed by atoms with E-state index in [0.717, 1.165) is 57.8 Å². The molecule has 10 aliphatic carbocycles. The lowest BCUT2D eigenvalue weighted by molar-refractivity contribution is -0.0399. The smallest absolute Gasteiger partial charge is 0.399 e. The van der Waals surface area contributed by atoms with Crippen molar-refractivity contribution in [2.45, 2.75) is 114 Å². The molecule has 276 valence electrons. The Labute approximate surface area is 327 Å². The summed E-state index contributed by atoms with van der Waals surface area (Å²) in [5.41, 5.74) is 13.3. The SMILES string of the molecule is CC1(C)OB(c2ccc3c(c2)-c2ccccc2C32C3CC4CC(C3)CC2C4)OC1(C)C.Clc1ccc2c(c1)-c1ccccc1C21C2CC3CC(C2)CC1C3. The average molecular weight is 733 g/mol. The normalized spacial score (nSPS) is 38.4. The third kappa shape index (κ3) is 4.23. The van der Waals surface area contributed by atoms with Gasteiger partial charge in [0.1, 0.15) is 0 Å². The second kappa shape index (κ2) is 11.2. The molecular formula is C50H54BClO2. The minimum absolute atomic E-state index is 0.244. The highest BCUT2D eigenvalue weighted by molar-refractivity contribution is 6.62. The summed E-state index contributed by atoms with van der Waals surface area (Å²) in [5.74, 6) is 7.30. The molecular weight excluding hydrogens is 679 g/mol. The van der Waals surface area contributed by atoms with Gasteiger partial charge in [-0.05, 0) is 201 Å². The highest BCUT2D eigenvalue weighted by atomic mass is 35.5. The zero-order chi connectivity index (χ0) is 36.4. The molecule has 2 nitrogen and oxygen atoms in total. The van der Waals surface area contributed by atoms with Crippen LogP contribution in [0.5, 0.6) is 0 Å². The second-order valence-electron chi connectivity index (χ2n) is 20.5. The Kier molecular flexibility index (Phi) is 6.89. The van der Waals surface area contributed by atoms with Gasteiger partial charge in [-0.15, -0.1) is 0 Å². The Morgan fingerprint density at radius 3 is 1.31 bits per heavy atom. The Balaban J connectivity index is 0.000000126. The van der Waals surface area contributed by atoms with Crippen LogP contribution in [-0.2, 0) is 20.1 Å². The number of hydrogen-bond donors (Lipinski definition) is 0. The Morgan fingerprint density at radius 1 is 0.463 bits per heavy atom. The molecule has 11 aliphatic rings. The summed E-state index contributed by atoms with van der Waals surface area (Å²) < 4.78 is 12.8. The molecule has 1 aliphatic heterocycles. The molecule has 0 unspecified atom stereocenters. The van der Waals surface area contributed by atoms with E-state index in [4.69, 9.17) is 20.9 Å². The summed E-state index contributed by atoms with van der Waals surface area (Å²) in [6.07, 6.45) is 14.5. The molecule has 0 aromatic heterocycles. The van der Waals surface area contributed by atoms with Crippen LogP contribution in [0.2, 0.25) is 5.02 Å². The number of fused-ring (bicyclic) bond motifs is 6. The van der Waals surface area contributed by atoms with Crippen LogP contribution >= 0.6 is 11.6 Å². The fourth-order valence-electron chi connectivity index (χ4n) is 15.4. The molecule has 8 bridgehead atoms. The first-order valence-electron chi connectivity index (χ1n) is 21.6. The predicted molar refractivity (Wildman–Crippen MR) is 220 cm³/mol. The topological polar surface area (TPSA) is 18.5 Å². The maximum absolute atomic E-state index is 6.41. The first-order chi connectivity index (χ1) is 26.1. The van der Waals surface area contributed by atoms with E-state index in [1.165, 1.54) is 86.5 Å². The van der Waals surface area contributed by atoms with E-state index < -0.39 is 0 Å². The molecule has 8 saturated carbocycles. The van der Waals surface area contributed by atoms with E-state index in [-0.39, 0.29) is 23.7 Å². The fourth-order valence-corrected chi connectivity index (χ4v) is 15.6. The third-order valence-corrected chi connectivity index (χ3v) is 17.9. The highest BCUT2D eigenvalue weighted by Gasteiger charge is 2.63. The third-order valence-electron chi connectivity index (χ3n) is 17.6. The van der Waals surface area contributed by atoms with Crippen molar-refractivity contribution in [3.05, 3.63) is 112 Å². The average Bonchev–Trinajstić information content (AvgIpc) is 3.69. The molecule has 1 heterocycles. The first kappa shape index (κ1) is 33.3. The van der Waals surface area contributed by atoms with Gasteiger partial charge in [0.2, 0.25) is 0 Å². The van der Waals surface area contributed by atoms with E-state index in [9.17, 15) is 0 Å². The molecule has 1 saturated heterocycles. The van der Waals surface area contributed by atoms with Crippen LogP contribution in [0, 0.1) is 47.3 Å². The lowest BCUT2D eigenvalue weighted by Gasteiger charge is -2.61. The fraction of sp³-hybridized carbons (Fsp3) is 0.520. The van der Waals surface area contributed by atoms with Crippen molar-refractivity contribution >= 4 is 24.2 Å². The molecule has 2 spiro atoms. The van der Waals surface area contributed by atoms with Crippen LogP contribution in [0.1, 0.15) is 114 Å². The minimum atomic E-state index is -0.308. The Bertz CT molecular complexity index is 2140. The van der Waals surface area contributed by atoms with Gasteiger partial charge in [0.15, 0.2) is 0 Å². The Morgan fingerprint density at radius 2 is 0.852 bits per heavy atom. The van der Waals surface area contributed by atoms with Crippen molar-refractivity contribution in [2.24, 2.45) is 47.3 Å². The molecule has 54 heavy (non-hydrogen) atoms. The summed E-state index contributed by atoms with van der Waals surface area (Å²) in [5, 5.41) is 0.874. The highest BCUT2D eigenvalue weighted by Crippen LogP contribution is 2.71. The van der Waals surface area contributed by atoms with Gasteiger partial charge in [0.25, 0.3) is 0 Å². The van der Waals surface area contributed by atoms with Gasteiger partial charge in [0.05, 0.1) is 11.2 Å². The minimum Gasteiger partial charge on any atom is -0.399 e. The molecule has 15 rings (SSSR count). The van der Waals surface area contributed by atoms with Crippen molar-refractivity contribution in [1.29, 1.82) is 0 Å². The van der Waals surface area contributed by atoms with E-state index in [2.05, 4.69) is 113 Å². The van der Waals surface area contributed by atoms with Crippen LogP contribution in [0.3, 0.4) is 0 Å². The van der Waals surface area contributed by atoms with Crippen LogP contribution in [0.4, 0.5) is 0 Å². The van der Waals surface area contributed by atoms with Crippen molar-refractivity contribution in [1.82, 2.24) is 0 Å². The summed E-state index contributed by atoms with van der Waals surface area (Å²) in [6, 6.07) is 32.4. The van der Waals surface area contributed by atoms with Gasteiger partial charge in [-0.2, -0.15) is 0 Å². The van der Waals surface area contributed by atoms with Crippen LogP contribution in [0.15, 0.2) is 84.9 Å². The quantitative estimate of drug-likeness (QED) is 0.181. The second-order valence-corrected chi connectivity index (χ2v) is 21.0. The maximum Gasteiger partial charge on any atom is 0.494 e. The summed E-state index contributed by atoms with van der Waals surface area (Å²) in [4.78, 5) is 0. The van der Waals surface area contributed by atoms with Crippen LogP contribution < -0.4 is 5.46 Å². The molecule has 4 aromatic carbocycles. The zero-order valence-corrected chi connectivity index (χ0v) is 33.3. The van der Waals surface area contributed by atoms with Crippen molar-refractivity contribution < 1.29 is 9.31 Å². The first-order valence-corrected chi connectivity index (χ1v) is 21.9. The number of benzene rings is 4. The largest absolute Gasteiger partial charge is 0.494 e. The van der Waals surface area contributed by atoms with Gasteiger partial charge >= 0.3 is 7.12 Å². The predicted octanol–water partition coefficient (Wildman–Crippen LogP) is 11.8. The molecule has 4 heteroatoms. The molecule has 0 atom stereocenters. The van der Waals surface area contributed by atoms with Gasteiger partial charge < -0.3 is 9.31 Å². The van der Waals surface area contributed by atoms with Gasteiger partial charge in [-0.25, -0.2) is 0 Å². The van der Waals surface area contributed by atoms with E-state index in [0.29, 0.717) is 5.41 Å². The van der Waals surface area contributed by atoms with Crippen LogP contribution in [-0.4, -0.2) is 18.3 Å². The number of halogens is 1. The van der Waals surface area contributed by atoms with Crippen molar-refractivity contribution in [3.63, 3.8) is 0 Å². The lowest BCUT2D eigenvalue weighted by Crippen LogP contribution is -2.55. The molecule has 0 radical (unpaired) electrons. The van der Waals surface area contributed by atoms with Crippen molar-refractivity contribution in [2.75, 3.05) is 0 Å². The van der Waals surface area contributed by atoms with E-state index >= 15 is 0 Å². The Hall–Kier alpha value is -2.85.